The number of ether oxygens (including phenoxy) is 1. The van der Waals surface area contributed by atoms with Crippen LogP contribution in [0.15, 0.2) is 48.5 Å². The second-order valence-electron chi connectivity index (χ2n) is 6.71. The zero-order valence-corrected chi connectivity index (χ0v) is 15.2. The summed E-state index contributed by atoms with van der Waals surface area (Å²) < 4.78 is 40.5. The van der Waals surface area contributed by atoms with Gasteiger partial charge in [0, 0.05) is 18.8 Å². The summed E-state index contributed by atoms with van der Waals surface area (Å²) in [5.74, 6) is -0.630. The number of rotatable bonds is 4. The van der Waals surface area contributed by atoms with Crippen LogP contribution >= 0.6 is 0 Å². The number of aliphatic hydroxyl groups excluding tert-OH is 1. The molecule has 0 saturated carbocycles. The van der Waals surface area contributed by atoms with E-state index in [-0.39, 0.29) is 11.7 Å². The molecule has 1 aliphatic heterocycles. The fraction of sp³-hybridized carbons (Fsp3) is 0.350. The predicted molar refractivity (Wildman–Crippen MR) is 97.6 cm³/mol. The van der Waals surface area contributed by atoms with E-state index in [1.807, 2.05) is 29.2 Å². The van der Waals surface area contributed by atoms with E-state index >= 15 is 0 Å². The minimum Gasteiger partial charge on any atom is -0.406 e. The molecule has 2 N–H and O–H groups in total. The van der Waals surface area contributed by atoms with Crippen LogP contribution in [0.1, 0.15) is 30.6 Å². The maximum atomic E-state index is 12.6. The van der Waals surface area contributed by atoms with Gasteiger partial charge in [-0.1, -0.05) is 24.3 Å². The fourth-order valence-electron chi connectivity index (χ4n) is 3.23. The first-order valence-corrected chi connectivity index (χ1v) is 8.89. The number of aliphatic hydroxyl groups is 1. The van der Waals surface area contributed by atoms with Crippen LogP contribution in [0.3, 0.4) is 0 Å². The highest BCUT2D eigenvalue weighted by atomic mass is 19.4. The quantitative estimate of drug-likeness (QED) is 0.827. The zero-order valence-electron chi connectivity index (χ0n) is 15.2. The van der Waals surface area contributed by atoms with Gasteiger partial charge in [-0.15, -0.1) is 13.2 Å². The molecule has 0 saturated heterocycles. The maximum Gasteiger partial charge on any atom is 0.573 e. The highest BCUT2D eigenvalue weighted by molar-refractivity contribution is 5.94. The van der Waals surface area contributed by atoms with Gasteiger partial charge in [0.2, 0.25) is 5.91 Å². The molecule has 28 heavy (non-hydrogen) atoms. The zero-order chi connectivity index (χ0) is 20.3. The lowest BCUT2D eigenvalue weighted by Crippen LogP contribution is -2.41. The third-order valence-corrected chi connectivity index (χ3v) is 4.76. The average Bonchev–Trinajstić information content (AvgIpc) is 2.81. The van der Waals surface area contributed by atoms with Crippen molar-refractivity contribution in [1.29, 1.82) is 0 Å². The molecule has 0 radical (unpaired) electrons. The van der Waals surface area contributed by atoms with E-state index < -0.39 is 18.5 Å². The molecule has 150 valence electrons. The first-order valence-electron chi connectivity index (χ1n) is 8.89. The van der Waals surface area contributed by atoms with Crippen LogP contribution in [0, 0.1) is 0 Å². The molecule has 5 nitrogen and oxygen atoms in total. The number of amides is 1. The number of fused-ring (bicyclic) bond motifs is 1. The van der Waals surface area contributed by atoms with Crippen molar-refractivity contribution in [2.75, 3.05) is 11.9 Å². The summed E-state index contributed by atoms with van der Waals surface area (Å²) in [4.78, 5) is 14.6. The lowest BCUT2D eigenvalue weighted by molar-refractivity contribution is -0.274. The van der Waals surface area contributed by atoms with Crippen molar-refractivity contribution in [2.45, 2.75) is 38.4 Å². The number of carbonyl (C=O) groups is 1. The van der Waals surface area contributed by atoms with Crippen LogP contribution in [0.2, 0.25) is 0 Å². The van der Waals surface area contributed by atoms with Gasteiger partial charge in [-0.2, -0.15) is 0 Å². The minimum atomic E-state index is -4.76. The van der Waals surface area contributed by atoms with Crippen LogP contribution in [0.5, 0.6) is 5.75 Å². The van der Waals surface area contributed by atoms with Crippen LogP contribution in [-0.4, -0.2) is 34.9 Å². The summed E-state index contributed by atoms with van der Waals surface area (Å²) >= 11 is 0. The van der Waals surface area contributed by atoms with E-state index in [1.165, 1.54) is 12.1 Å². The number of hydrogen-bond acceptors (Lipinski definition) is 4. The van der Waals surface area contributed by atoms with Crippen molar-refractivity contribution >= 4 is 11.6 Å². The molecule has 0 aromatic heterocycles. The lowest BCUT2D eigenvalue weighted by atomic mass is 10.0. The molecule has 3 rings (SSSR count). The molecule has 0 fully saturated rings. The Bertz CT molecular complexity index is 824. The highest BCUT2D eigenvalue weighted by Crippen LogP contribution is 2.28. The van der Waals surface area contributed by atoms with Crippen molar-refractivity contribution in [3.05, 3.63) is 59.7 Å². The molecular weight excluding hydrogens is 373 g/mol. The summed E-state index contributed by atoms with van der Waals surface area (Å²) in [6, 6.07) is 12.1. The second kappa shape index (κ2) is 8.20. The standard InChI is InChI=1S/C20H21F3N2O3/c1-13(25-11-10-18(26)17-5-3-2-4-14(17)12-25)19(27)24-15-6-8-16(9-7-15)28-20(21,22)23/h2-9,13,18,26H,10-12H2,1H3,(H,24,27)/t13-,18+/m0/s1. The Kier molecular flexibility index (Phi) is 5.90. The van der Waals surface area contributed by atoms with E-state index in [1.54, 1.807) is 6.92 Å². The van der Waals surface area contributed by atoms with Gasteiger partial charge in [-0.25, -0.2) is 0 Å². The van der Waals surface area contributed by atoms with E-state index in [2.05, 4.69) is 10.1 Å². The molecule has 2 atom stereocenters. The molecule has 1 aliphatic rings. The Morgan fingerprint density at radius 3 is 2.57 bits per heavy atom. The average molecular weight is 394 g/mol. The number of anilines is 1. The lowest BCUT2D eigenvalue weighted by Gasteiger charge is -2.27. The van der Waals surface area contributed by atoms with Gasteiger partial charge in [0.15, 0.2) is 0 Å². The van der Waals surface area contributed by atoms with Crippen LogP contribution < -0.4 is 10.1 Å². The van der Waals surface area contributed by atoms with Gasteiger partial charge in [-0.05, 0) is 48.7 Å². The van der Waals surface area contributed by atoms with Gasteiger partial charge >= 0.3 is 6.36 Å². The molecular formula is C20H21F3N2O3. The molecule has 0 spiro atoms. The largest absolute Gasteiger partial charge is 0.573 e. The van der Waals surface area contributed by atoms with Gasteiger partial charge in [0.05, 0.1) is 12.1 Å². The molecule has 0 bridgehead atoms. The van der Waals surface area contributed by atoms with Crippen LogP contribution in [-0.2, 0) is 11.3 Å². The number of carbonyl (C=O) groups excluding carboxylic acids is 1. The van der Waals surface area contributed by atoms with E-state index in [4.69, 9.17) is 0 Å². The van der Waals surface area contributed by atoms with Crippen LogP contribution in [0.4, 0.5) is 18.9 Å². The van der Waals surface area contributed by atoms with Crippen molar-refractivity contribution in [3.63, 3.8) is 0 Å². The summed E-state index contributed by atoms with van der Waals surface area (Å²) in [5.41, 5.74) is 2.22. The third-order valence-electron chi connectivity index (χ3n) is 4.76. The number of halogens is 3. The number of nitrogens with zero attached hydrogens (tertiary/aromatic N) is 1. The Morgan fingerprint density at radius 2 is 1.89 bits per heavy atom. The SMILES string of the molecule is C[C@@H](C(=O)Nc1ccc(OC(F)(F)F)cc1)N1CC[C@@H](O)c2ccccc2C1. The maximum absolute atomic E-state index is 12.6. The minimum absolute atomic E-state index is 0.279. The first kappa shape index (κ1) is 20.2. The van der Waals surface area contributed by atoms with E-state index in [9.17, 15) is 23.1 Å². The second-order valence-corrected chi connectivity index (χ2v) is 6.71. The normalized spacial score (nSPS) is 18.7. The molecule has 0 unspecified atom stereocenters. The van der Waals surface area contributed by atoms with Crippen LogP contribution in [0.25, 0.3) is 0 Å². The Morgan fingerprint density at radius 1 is 1.21 bits per heavy atom. The van der Waals surface area contributed by atoms with Gasteiger partial charge in [-0.3, -0.25) is 9.69 Å². The first-order chi connectivity index (χ1) is 13.2. The Labute approximate surface area is 160 Å². The number of hydrogen-bond donors (Lipinski definition) is 2. The van der Waals surface area contributed by atoms with E-state index in [0.717, 1.165) is 23.3 Å². The molecule has 1 amide bonds. The third kappa shape index (κ3) is 5.02. The summed E-state index contributed by atoms with van der Waals surface area (Å²) in [6.45, 7) is 2.83. The van der Waals surface area contributed by atoms with Gasteiger partial charge in [0.1, 0.15) is 5.75 Å². The molecule has 2 aromatic rings. The highest BCUT2D eigenvalue weighted by Gasteiger charge is 2.31. The van der Waals surface area contributed by atoms with E-state index in [0.29, 0.717) is 25.2 Å². The number of nitrogens with one attached hydrogen (secondary N) is 1. The Balaban J connectivity index is 1.64. The molecule has 1 heterocycles. The number of alkyl halides is 3. The summed E-state index contributed by atoms with van der Waals surface area (Å²) in [7, 11) is 0. The van der Waals surface area contributed by atoms with Crippen molar-refractivity contribution in [1.82, 2.24) is 4.90 Å². The topological polar surface area (TPSA) is 61.8 Å². The fourth-order valence-corrected chi connectivity index (χ4v) is 3.23. The Hall–Kier alpha value is -2.58. The molecule has 8 heteroatoms. The van der Waals surface area contributed by atoms with Gasteiger partial charge in [0.25, 0.3) is 0 Å². The van der Waals surface area contributed by atoms with Crippen molar-refractivity contribution in [2.24, 2.45) is 0 Å². The van der Waals surface area contributed by atoms with Gasteiger partial charge < -0.3 is 15.2 Å². The molecule has 0 aliphatic carbocycles. The smallest absolute Gasteiger partial charge is 0.406 e. The molecule has 2 aromatic carbocycles. The van der Waals surface area contributed by atoms with Crippen molar-refractivity contribution < 1.29 is 27.8 Å². The summed E-state index contributed by atoms with van der Waals surface area (Å²) in [6.07, 6.45) is -4.82. The predicted octanol–water partition coefficient (Wildman–Crippen LogP) is 3.85. The van der Waals surface area contributed by atoms with Crippen molar-refractivity contribution in [3.8, 4) is 5.75 Å². The monoisotopic (exact) mass is 394 g/mol. The number of benzene rings is 2. The summed E-state index contributed by atoms with van der Waals surface area (Å²) in [5, 5.41) is 13.0.